The van der Waals surface area contributed by atoms with Crippen molar-refractivity contribution < 1.29 is 19.4 Å². The molecule has 0 spiro atoms. The maximum Gasteiger partial charge on any atom is 0.320 e. The average molecular weight is 327 g/mol. The number of methoxy groups -OCH3 is 1. The van der Waals surface area contributed by atoms with Crippen molar-refractivity contribution in [1.29, 1.82) is 0 Å². The summed E-state index contributed by atoms with van der Waals surface area (Å²) in [6.45, 7) is 1.14. The SMILES string of the molecule is COc1ccc(Cl)cc1NC(=O)CCN1CCC[C@@H]1C(=O)O. The molecule has 1 aromatic carbocycles. The number of anilines is 1. The lowest BCUT2D eigenvalue weighted by atomic mass is 10.2. The minimum atomic E-state index is -0.825. The molecule has 0 saturated carbocycles. The van der Waals surface area contributed by atoms with E-state index in [1.54, 1.807) is 18.2 Å². The number of nitrogens with one attached hydrogen (secondary N) is 1. The Balaban J connectivity index is 1.91. The number of carbonyl (C=O) groups excluding carboxylic acids is 1. The lowest BCUT2D eigenvalue weighted by Crippen LogP contribution is -2.37. The van der Waals surface area contributed by atoms with Crippen LogP contribution in [0.5, 0.6) is 5.75 Å². The summed E-state index contributed by atoms with van der Waals surface area (Å²) in [6.07, 6.45) is 1.71. The van der Waals surface area contributed by atoms with Crippen molar-refractivity contribution in [3.05, 3.63) is 23.2 Å². The first kappa shape index (κ1) is 16.6. The van der Waals surface area contributed by atoms with Crippen LogP contribution < -0.4 is 10.1 Å². The Morgan fingerprint density at radius 3 is 2.95 bits per heavy atom. The first-order valence-electron chi connectivity index (χ1n) is 7.11. The molecule has 0 bridgehead atoms. The van der Waals surface area contributed by atoms with E-state index in [4.69, 9.17) is 21.4 Å². The molecule has 1 aliphatic heterocycles. The van der Waals surface area contributed by atoms with Crippen molar-refractivity contribution in [3.8, 4) is 5.75 Å². The van der Waals surface area contributed by atoms with Crippen molar-refractivity contribution in [2.75, 3.05) is 25.5 Å². The van der Waals surface area contributed by atoms with Crippen LogP contribution in [-0.4, -0.2) is 48.1 Å². The second-order valence-electron chi connectivity index (χ2n) is 5.18. The Morgan fingerprint density at radius 2 is 2.27 bits per heavy atom. The fourth-order valence-electron chi connectivity index (χ4n) is 2.61. The number of carbonyl (C=O) groups is 2. The van der Waals surface area contributed by atoms with Gasteiger partial charge in [-0.15, -0.1) is 0 Å². The number of amides is 1. The van der Waals surface area contributed by atoms with E-state index >= 15 is 0 Å². The molecule has 7 heteroatoms. The van der Waals surface area contributed by atoms with Gasteiger partial charge in [0.1, 0.15) is 11.8 Å². The number of hydrogen-bond acceptors (Lipinski definition) is 4. The fourth-order valence-corrected chi connectivity index (χ4v) is 2.78. The van der Waals surface area contributed by atoms with E-state index in [2.05, 4.69) is 5.32 Å². The van der Waals surface area contributed by atoms with Gasteiger partial charge >= 0.3 is 5.97 Å². The monoisotopic (exact) mass is 326 g/mol. The molecule has 1 aliphatic rings. The van der Waals surface area contributed by atoms with Crippen molar-refractivity contribution >= 4 is 29.2 Å². The van der Waals surface area contributed by atoms with E-state index in [9.17, 15) is 9.59 Å². The highest BCUT2D eigenvalue weighted by molar-refractivity contribution is 6.31. The van der Waals surface area contributed by atoms with Crippen molar-refractivity contribution in [1.82, 2.24) is 4.90 Å². The van der Waals surface area contributed by atoms with E-state index < -0.39 is 12.0 Å². The maximum absolute atomic E-state index is 12.0. The van der Waals surface area contributed by atoms with Crippen molar-refractivity contribution in [2.24, 2.45) is 0 Å². The highest BCUT2D eigenvalue weighted by atomic mass is 35.5. The summed E-state index contributed by atoms with van der Waals surface area (Å²) in [5, 5.41) is 12.4. The van der Waals surface area contributed by atoms with Crippen LogP contribution in [0, 0.1) is 0 Å². The number of likely N-dealkylation sites (tertiary alicyclic amines) is 1. The summed E-state index contributed by atoms with van der Waals surface area (Å²) in [5.74, 6) is -0.492. The Labute approximate surface area is 134 Å². The summed E-state index contributed by atoms with van der Waals surface area (Å²) in [6, 6.07) is 4.50. The van der Waals surface area contributed by atoms with Gasteiger partial charge in [0.05, 0.1) is 12.8 Å². The average Bonchev–Trinajstić information content (AvgIpc) is 2.94. The van der Waals surface area contributed by atoms with Crippen LogP contribution in [0.1, 0.15) is 19.3 Å². The van der Waals surface area contributed by atoms with Crippen LogP contribution in [0.15, 0.2) is 18.2 Å². The van der Waals surface area contributed by atoms with Gasteiger partial charge in [-0.05, 0) is 37.6 Å². The number of ether oxygens (including phenoxy) is 1. The zero-order chi connectivity index (χ0) is 16.1. The largest absolute Gasteiger partial charge is 0.495 e. The zero-order valence-corrected chi connectivity index (χ0v) is 13.1. The predicted molar refractivity (Wildman–Crippen MR) is 83.5 cm³/mol. The lowest BCUT2D eigenvalue weighted by molar-refractivity contribution is -0.142. The molecule has 0 unspecified atom stereocenters. The fraction of sp³-hybridized carbons (Fsp3) is 0.467. The first-order chi connectivity index (χ1) is 10.5. The number of rotatable bonds is 6. The van der Waals surface area contributed by atoms with E-state index in [1.165, 1.54) is 7.11 Å². The third-order valence-electron chi connectivity index (χ3n) is 3.71. The Bertz CT molecular complexity index is 564. The molecular formula is C15H19ClN2O4. The number of benzene rings is 1. The van der Waals surface area contributed by atoms with E-state index in [0.717, 1.165) is 6.42 Å². The normalized spacial score (nSPS) is 18.2. The van der Waals surface area contributed by atoms with Gasteiger partial charge in [-0.1, -0.05) is 11.6 Å². The van der Waals surface area contributed by atoms with Crippen molar-refractivity contribution in [2.45, 2.75) is 25.3 Å². The van der Waals surface area contributed by atoms with Crippen LogP contribution in [-0.2, 0) is 9.59 Å². The highest BCUT2D eigenvalue weighted by Gasteiger charge is 2.30. The molecule has 6 nitrogen and oxygen atoms in total. The summed E-state index contributed by atoms with van der Waals surface area (Å²) in [4.78, 5) is 25.0. The molecule has 120 valence electrons. The van der Waals surface area contributed by atoms with E-state index in [1.807, 2.05) is 4.90 Å². The zero-order valence-electron chi connectivity index (χ0n) is 12.3. The Hall–Kier alpha value is -1.79. The van der Waals surface area contributed by atoms with Crippen LogP contribution in [0.2, 0.25) is 5.02 Å². The summed E-state index contributed by atoms with van der Waals surface area (Å²) in [5.41, 5.74) is 0.510. The number of aliphatic carboxylic acids is 1. The minimum absolute atomic E-state index is 0.198. The number of carboxylic acids is 1. The molecule has 0 aromatic heterocycles. The molecular weight excluding hydrogens is 308 g/mol. The molecule has 1 atom stereocenters. The standard InChI is InChI=1S/C15H19ClN2O4/c1-22-13-5-4-10(16)9-11(13)17-14(19)6-8-18-7-2-3-12(18)15(20)21/h4-5,9,12H,2-3,6-8H2,1H3,(H,17,19)(H,20,21)/t12-/m1/s1. The van der Waals surface area contributed by atoms with E-state index in [-0.39, 0.29) is 12.3 Å². The number of halogens is 1. The van der Waals surface area contributed by atoms with Gasteiger partial charge in [-0.2, -0.15) is 0 Å². The van der Waals surface area contributed by atoms with E-state index in [0.29, 0.717) is 36.0 Å². The smallest absolute Gasteiger partial charge is 0.320 e. The molecule has 1 heterocycles. The second-order valence-corrected chi connectivity index (χ2v) is 5.61. The van der Waals surface area contributed by atoms with Gasteiger partial charge in [-0.3, -0.25) is 14.5 Å². The van der Waals surface area contributed by atoms with Gasteiger partial charge in [0.2, 0.25) is 5.91 Å². The van der Waals surface area contributed by atoms with Crippen molar-refractivity contribution in [3.63, 3.8) is 0 Å². The molecule has 2 N–H and O–H groups in total. The number of nitrogens with zero attached hydrogens (tertiary/aromatic N) is 1. The second kappa shape index (κ2) is 7.47. The maximum atomic E-state index is 12.0. The molecule has 0 radical (unpaired) electrons. The molecule has 1 fully saturated rings. The third-order valence-corrected chi connectivity index (χ3v) is 3.95. The summed E-state index contributed by atoms with van der Waals surface area (Å²) in [7, 11) is 1.51. The molecule has 1 aromatic rings. The predicted octanol–water partition coefficient (Wildman–Crippen LogP) is 2.23. The summed E-state index contributed by atoms with van der Waals surface area (Å²) >= 11 is 5.91. The van der Waals surface area contributed by atoms with Gasteiger partial charge in [-0.25, -0.2) is 0 Å². The Kier molecular flexibility index (Phi) is 5.63. The molecule has 2 rings (SSSR count). The van der Waals surface area contributed by atoms with Gasteiger partial charge in [0.15, 0.2) is 0 Å². The van der Waals surface area contributed by atoms with Crippen LogP contribution in [0.3, 0.4) is 0 Å². The quantitative estimate of drug-likeness (QED) is 0.838. The molecule has 1 saturated heterocycles. The minimum Gasteiger partial charge on any atom is -0.495 e. The van der Waals surface area contributed by atoms with Crippen LogP contribution in [0.4, 0.5) is 5.69 Å². The molecule has 0 aliphatic carbocycles. The van der Waals surface area contributed by atoms with Gasteiger partial charge < -0.3 is 15.2 Å². The Morgan fingerprint density at radius 1 is 1.50 bits per heavy atom. The third kappa shape index (κ3) is 4.11. The van der Waals surface area contributed by atoms with Gasteiger partial charge in [0.25, 0.3) is 0 Å². The molecule has 1 amide bonds. The highest BCUT2D eigenvalue weighted by Crippen LogP contribution is 2.27. The number of hydrogen-bond donors (Lipinski definition) is 2. The number of carboxylic acid groups (broad SMARTS) is 1. The first-order valence-corrected chi connectivity index (χ1v) is 7.49. The summed E-state index contributed by atoms with van der Waals surface area (Å²) < 4.78 is 5.17. The van der Waals surface area contributed by atoms with Gasteiger partial charge in [0, 0.05) is 18.0 Å². The lowest BCUT2D eigenvalue weighted by Gasteiger charge is -2.20. The van der Waals surface area contributed by atoms with Crippen LogP contribution >= 0.6 is 11.6 Å². The van der Waals surface area contributed by atoms with Crippen LogP contribution in [0.25, 0.3) is 0 Å². The topological polar surface area (TPSA) is 78.9 Å². The molecule has 22 heavy (non-hydrogen) atoms.